The van der Waals surface area contributed by atoms with Gasteiger partial charge in [-0.25, -0.2) is 0 Å². The number of nitrogens with two attached hydrogens (primary N) is 1. The van der Waals surface area contributed by atoms with Gasteiger partial charge in [-0.1, -0.05) is 0 Å². The van der Waals surface area contributed by atoms with Crippen LogP contribution < -0.4 is 5.73 Å². The summed E-state index contributed by atoms with van der Waals surface area (Å²) in [4.78, 5) is 6.24. The fourth-order valence-corrected chi connectivity index (χ4v) is 1.23. The van der Waals surface area contributed by atoms with Crippen molar-refractivity contribution in [2.75, 3.05) is 13.6 Å². The standard InChI is InChI=1S/C8H17N3/c1-3-10-8(9)11(2)7-5-4-6-7/h7H,3-6H2,1-2H3,(H2,9,10). The Balaban J connectivity index is 2.38. The lowest BCUT2D eigenvalue weighted by atomic mass is 9.92. The maximum atomic E-state index is 5.71. The van der Waals surface area contributed by atoms with Gasteiger partial charge in [0, 0.05) is 19.6 Å². The third kappa shape index (κ3) is 1.85. The molecule has 0 spiro atoms. The monoisotopic (exact) mass is 155 g/mol. The first kappa shape index (κ1) is 8.37. The van der Waals surface area contributed by atoms with Crippen LogP contribution in [0.3, 0.4) is 0 Å². The van der Waals surface area contributed by atoms with E-state index in [1.807, 2.05) is 14.0 Å². The Bertz CT molecular complexity index is 149. The van der Waals surface area contributed by atoms with Crippen LogP contribution in [-0.4, -0.2) is 30.5 Å². The van der Waals surface area contributed by atoms with Gasteiger partial charge >= 0.3 is 0 Å². The molecule has 0 unspecified atom stereocenters. The molecule has 64 valence electrons. The van der Waals surface area contributed by atoms with E-state index in [9.17, 15) is 0 Å². The Hall–Kier alpha value is -0.730. The Labute approximate surface area is 68.3 Å². The molecule has 1 rings (SSSR count). The highest BCUT2D eigenvalue weighted by Crippen LogP contribution is 2.22. The maximum Gasteiger partial charge on any atom is 0.191 e. The number of guanidine groups is 1. The van der Waals surface area contributed by atoms with Gasteiger partial charge in [0.25, 0.3) is 0 Å². The lowest BCUT2D eigenvalue weighted by Crippen LogP contribution is -2.45. The molecule has 3 nitrogen and oxygen atoms in total. The molecule has 0 amide bonds. The van der Waals surface area contributed by atoms with Gasteiger partial charge < -0.3 is 10.6 Å². The first-order valence-corrected chi connectivity index (χ1v) is 4.28. The number of aliphatic imine (C=N–C) groups is 1. The smallest absolute Gasteiger partial charge is 0.191 e. The highest BCUT2D eigenvalue weighted by Gasteiger charge is 2.22. The lowest BCUT2D eigenvalue weighted by Gasteiger charge is -2.35. The van der Waals surface area contributed by atoms with Gasteiger partial charge in [-0.2, -0.15) is 0 Å². The predicted octanol–water partition coefficient (Wildman–Crippen LogP) is 0.805. The van der Waals surface area contributed by atoms with E-state index in [4.69, 9.17) is 5.73 Å². The van der Waals surface area contributed by atoms with Crippen LogP contribution in [0.2, 0.25) is 0 Å². The maximum absolute atomic E-state index is 5.71. The first-order chi connectivity index (χ1) is 5.25. The summed E-state index contributed by atoms with van der Waals surface area (Å²) >= 11 is 0. The minimum Gasteiger partial charge on any atom is -0.370 e. The van der Waals surface area contributed by atoms with Crippen molar-refractivity contribution < 1.29 is 0 Å². The molecule has 1 saturated carbocycles. The summed E-state index contributed by atoms with van der Waals surface area (Å²) in [5.74, 6) is 0.692. The van der Waals surface area contributed by atoms with Crippen molar-refractivity contribution in [2.45, 2.75) is 32.2 Å². The minimum absolute atomic E-state index is 0.658. The molecule has 0 radical (unpaired) electrons. The summed E-state index contributed by atoms with van der Waals surface area (Å²) < 4.78 is 0. The molecular formula is C8H17N3. The van der Waals surface area contributed by atoms with E-state index in [-0.39, 0.29) is 0 Å². The molecule has 0 aromatic carbocycles. The molecule has 1 fully saturated rings. The molecule has 2 N–H and O–H groups in total. The largest absolute Gasteiger partial charge is 0.370 e. The van der Waals surface area contributed by atoms with E-state index in [2.05, 4.69) is 9.89 Å². The second kappa shape index (κ2) is 3.60. The van der Waals surface area contributed by atoms with Crippen molar-refractivity contribution in [1.29, 1.82) is 0 Å². The average molecular weight is 155 g/mol. The topological polar surface area (TPSA) is 41.6 Å². The summed E-state index contributed by atoms with van der Waals surface area (Å²) in [5.41, 5.74) is 5.71. The average Bonchev–Trinajstić information content (AvgIpc) is 1.84. The molecule has 1 aliphatic carbocycles. The van der Waals surface area contributed by atoms with E-state index >= 15 is 0 Å². The fourth-order valence-electron chi connectivity index (χ4n) is 1.23. The van der Waals surface area contributed by atoms with Crippen molar-refractivity contribution in [3.63, 3.8) is 0 Å². The second-order valence-corrected chi connectivity index (χ2v) is 3.03. The number of nitrogens with zero attached hydrogens (tertiary/aromatic N) is 2. The zero-order valence-corrected chi connectivity index (χ0v) is 7.38. The molecule has 0 atom stereocenters. The van der Waals surface area contributed by atoms with Gasteiger partial charge in [-0.05, 0) is 26.2 Å². The lowest BCUT2D eigenvalue weighted by molar-refractivity contribution is 0.238. The molecule has 0 aliphatic heterocycles. The fraction of sp³-hybridized carbons (Fsp3) is 0.875. The summed E-state index contributed by atoms with van der Waals surface area (Å²) in [6, 6.07) is 0.658. The predicted molar refractivity (Wildman–Crippen MR) is 47.6 cm³/mol. The first-order valence-electron chi connectivity index (χ1n) is 4.28. The van der Waals surface area contributed by atoms with Gasteiger partial charge in [0.15, 0.2) is 5.96 Å². The molecule has 0 saturated heterocycles. The van der Waals surface area contributed by atoms with Crippen molar-refractivity contribution in [1.82, 2.24) is 4.90 Å². The van der Waals surface area contributed by atoms with Crippen molar-refractivity contribution in [2.24, 2.45) is 10.7 Å². The third-order valence-electron chi connectivity index (χ3n) is 2.30. The van der Waals surface area contributed by atoms with E-state index in [0.717, 1.165) is 6.54 Å². The summed E-state index contributed by atoms with van der Waals surface area (Å²) in [6.07, 6.45) is 3.89. The SMILES string of the molecule is CCN=C(N)N(C)C1CCC1. The van der Waals surface area contributed by atoms with Gasteiger partial charge in [-0.15, -0.1) is 0 Å². The van der Waals surface area contributed by atoms with Crippen molar-refractivity contribution >= 4 is 5.96 Å². The van der Waals surface area contributed by atoms with Crippen molar-refractivity contribution in [3.05, 3.63) is 0 Å². The Morgan fingerprint density at radius 2 is 2.27 bits per heavy atom. The molecule has 1 aliphatic rings. The zero-order valence-electron chi connectivity index (χ0n) is 7.38. The number of rotatable bonds is 2. The Morgan fingerprint density at radius 1 is 1.64 bits per heavy atom. The molecule has 0 aromatic rings. The summed E-state index contributed by atoms with van der Waals surface area (Å²) in [5, 5.41) is 0. The quantitative estimate of drug-likeness (QED) is 0.473. The molecule has 0 bridgehead atoms. The van der Waals surface area contributed by atoms with Crippen LogP contribution in [0.4, 0.5) is 0 Å². The van der Waals surface area contributed by atoms with Crippen LogP contribution in [-0.2, 0) is 0 Å². The van der Waals surface area contributed by atoms with Crippen molar-refractivity contribution in [3.8, 4) is 0 Å². The van der Waals surface area contributed by atoms with Crippen LogP contribution in [0, 0.1) is 0 Å². The van der Waals surface area contributed by atoms with Crippen LogP contribution in [0.5, 0.6) is 0 Å². The number of hydrogen-bond donors (Lipinski definition) is 1. The van der Waals surface area contributed by atoms with E-state index in [1.165, 1.54) is 19.3 Å². The molecule has 0 heterocycles. The Morgan fingerprint density at radius 3 is 2.64 bits per heavy atom. The third-order valence-corrected chi connectivity index (χ3v) is 2.30. The van der Waals surface area contributed by atoms with Gasteiger partial charge in [0.1, 0.15) is 0 Å². The van der Waals surface area contributed by atoms with Crippen LogP contribution >= 0.6 is 0 Å². The molecule has 0 aromatic heterocycles. The van der Waals surface area contributed by atoms with E-state index < -0.39 is 0 Å². The molecule has 3 heteroatoms. The minimum atomic E-state index is 0.658. The molecule has 11 heavy (non-hydrogen) atoms. The van der Waals surface area contributed by atoms with E-state index in [1.54, 1.807) is 0 Å². The van der Waals surface area contributed by atoms with E-state index in [0.29, 0.717) is 12.0 Å². The number of hydrogen-bond acceptors (Lipinski definition) is 1. The highest BCUT2D eigenvalue weighted by molar-refractivity contribution is 5.78. The summed E-state index contributed by atoms with van der Waals surface area (Å²) in [6.45, 7) is 2.78. The molecular weight excluding hydrogens is 138 g/mol. The zero-order chi connectivity index (χ0) is 8.27. The highest BCUT2D eigenvalue weighted by atomic mass is 15.3. The van der Waals surface area contributed by atoms with Crippen LogP contribution in [0.25, 0.3) is 0 Å². The second-order valence-electron chi connectivity index (χ2n) is 3.03. The van der Waals surface area contributed by atoms with Gasteiger partial charge in [-0.3, -0.25) is 4.99 Å². The Kier molecular flexibility index (Phi) is 2.74. The van der Waals surface area contributed by atoms with Crippen LogP contribution in [0.1, 0.15) is 26.2 Å². The van der Waals surface area contributed by atoms with Crippen LogP contribution in [0.15, 0.2) is 4.99 Å². The van der Waals surface area contributed by atoms with Gasteiger partial charge in [0.2, 0.25) is 0 Å². The summed E-state index contributed by atoms with van der Waals surface area (Å²) in [7, 11) is 2.03. The normalized spacial score (nSPS) is 19.6. The van der Waals surface area contributed by atoms with Gasteiger partial charge in [0.05, 0.1) is 0 Å².